The van der Waals surface area contributed by atoms with E-state index in [1.807, 2.05) is 24.3 Å². The molecule has 0 bridgehead atoms. The van der Waals surface area contributed by atoms with Crippen LogP contribution >= 0.6 is 0 Å². The molecule has 0 aliphatic heterocycles. The summed E-state index contributed by atoms with van der Waals surface area (Å²) < 4.78 is 5.97. The average molecular weight is 389 g/mol. The molecule has 1 aliphatic carbocycles. The fourth-order valence-corrected chi connectivity index (χ4v) is 3.83. The molecule has 1 aliphatic rings. The maximum atomic E-state index is 5.97. The zero-order valence-corrected chi connectivity index (χ0v) is 18.1. The van der Waals surface area contributed by atoms with Gasteiger partial charge in [0.15, 0.2) is 5.96 Å². The van der Waals surface area contributed by atoms with E-state index in [2.05, 4.69) is 31.0 Å². The van der Waals surface area contributed by atoms with Crippen LogP contribution in [0.15, 0.2) is 29.3 Å². The Morgan fingerprint density at radius 3 is 2.54 bits per heavy atom. The molecule has 1 fully saturated rings. The summed E-state index contributed by atoms with van der Waals surface area (Å²) in [6.07, 6.45) is 9.06. The molecule has 5 heteroatoms. The number of rotatable bonds is 10. The van der Waals surface area contributed by atoms with Crippen LogP contribution < -0.4 is 15.8 Å². The van der Waals surface area contributed by atoms with Gasteiger partial charge >= 0.3 is 0 Å². The summed E-state index contributed by atoms with van der Waals surface area (Å²) >= 11 is 0. The number of aliphatic imine (C=N–C) groups is 1. The van der Waals surface area contributed by atoms with Crippen LogP contribution in [0.1, 0.15) is 65.7 Å². The number of nitrogens with one attached hydrogen (secondary N) is 1. The molecule has 0 spiro atoms. The van der Waals surface area contributed by atoms with E-state index >= 15 is 0 Å². The van der Waals surface area contributed by atoms with Gasteiger partial charge in [0.1, 0.15) is 5.75 Å². The number of guanidine groups is 1. The van der Waals surface area contributed by atoms with Crippen molar-refractivity contribution in [1.29, 1.82) is 0 Å². The van der Waals surface area contributed by atoms with Gasteiger partial charge in [-0.1, -0.05) is 32.1 Å². The highest BCUT2D eigenvalue weighted by molar-refractivity contribution is 5.83. The molecule has 0 radical (unpaired) electrons. The van der Waals surface area contributed by atoms with Crippen molar-refractivity contribution in [2.45, 2.75) is 71.8 Å². The first-order valence-corrected chi connectivity index (χ1v) is 11.2. The van der Waals surface area contributed by atoms with Crippen LogP contribution in [0.25, 0.3) is 0 Å². The summed E-state index contributed by atoms with van der Waals surface area (Å²) in [4.78, 5) is 7.12. The van der Waals surface area contributed by atoms with E-state index in [0.29, 0.717) is 12.6 Å². The Balaban J connectivity index is 1.93. The SMILES string of the molecule is CCN(/C(=N\c1ccc(OCCC2CCCCC2)cc1)NCCCN)C(C)C. The molecule has 0 amide bonds. The van der Waals surface area contributed by atoms with Gasteiger partial charge in [0, 0.05) is 19.1 Å². The van der Waals surface area contributed by atoms with E-state index in [1.54, 1.807) is 0 Å². The molecule has 1 aromatic carbocycles. The minimum absolute atomic E-state index is 0.386. The van der Waals surface area contributed by atoms with Crippen LogP contribution in [0, 0.1) is 5.92 Å². The van der Waals surface area contributed by atoms with Crippen molar-refractivity contribution in [2.24, 2.45) is 16.6 Å². The van der Waals surface area contributed by atoms with Gasteiger partial charge in [-0.25, -0.2) is 4.99 Å². The van der Waals surface area contributed by atoms with Crippen molar-refractivity contribution >= 4 is 11.6 Å². The van der Waals surface area contributed by atoms with Crippen molar-refractivity contribution in [3.05, 3.63) is 24.3 Å². The molecule has 3 N–H and O–H groups in total. The maximum absolute atomic E-state index is 5.97. The minimum atomic E-state index is 0.386. The summed E-state index contributed by atoms with van der Waals surface area (Å²) in [6, 6.07) is 8.52. The van der Waals surface area contributed by atoms with Gasteiger partial charge in [-0.15, -0.1) is 0 Å². The van der Waals surface area contributed by atoms with Gasteiger partial charge in [0.2, 0.25) is 0 Å². The molecule has 1 aromatic rings. The van der Waals surface area contributed by atoms with Gasteiger partial charge in [0.05, 0.1) is 12.3 Å². The molecule has 0 saturated heterocycles. The Bertz CT molecular complexity index is 564. The summed E-state index contributed by atoms with van der Waals surface area (Å²) in [7, 11) is 0. The summed E-state index contributed by atoms with van der Waals surface area (Å²) in [6.45, 7) is 9.77. The monoisotopic (exact) mass is 388 g/mol. The van der Waals surface area contributed by atoms with E-state index in [-0.39, 0.29) is 0 Å². The quantitative estimate of drug-likeness (QED) is 0.347. The van der Waals surface area contributed by atoms with E-state index < -0.39 is 0 Å². The van der Waals surface area contributed by atoms with Crippen molar-refractivity contribution in [3.63, 3.8) is 0 Å². The standard InChI is InChI=1S/C23H40N4O/c1-4-27(19(2)3)23(25-17-8-16-24)26-21-11-13-22(14-12-21)28-18-15-20-9-6-5-7-10-20/h11-14,19-20H,4-10,15-18,24H2,1-3H3,(H,25,26). The highest BCUT2D eigenvalue weighted by atomic mass is 16.5. The Morgan fingerprint density at radius 1 is 1.21 bits per heavy atom. The number of hydrogen-bond donors (Lipinski definition) is 2. The third-order valence-electron chi connectivity index (χ3n) is 5.49. The number of nitrogens with two attached hydrogens (primary N) is 1. The predicted octanol–water partition coefficient (Wildman–Crippen LogP) is 4.69. The summed E-state index contributed by atoms with van der Waals surface area (Å²) in [5.41, 5.74) is 6.57. The zero-order valence-electron chi connectivity index (χ0n) is 18.1. The molecular formula is C23H40N4O. The lowest BCUT2D eigenvalue weighted by atomic mass is 9.87. The smallest absolute Gasteiger partial charge is 0.199 e. The summed E-state index contributed by atoms with van der Waals surface area (Å²) in [5.74, 6) is 2.70. The van der Waals surface area contributed by atoms with Crippen LogP contribution in [-0.2, 0) is 0 Å². The molecule has 5 nitrogen and oxygen atoms in total. The van der Waals surface area contributed by atoms with Crippen LogP contribution in [0.2, 0.25) is 0 Å². The molecule has 1 saturated carbocycles. The first-order chi connectivity index (χ1) is 13.6. The lowest BCUT2D eigenvalue weighted by Crippen LogP contribution is -2.45. The van der Waals surface area contributed by atoms with E-state index in [0.717, 1.165) is 49.4 Å². The molecule has 158 valence electrons. The largest absolute Gasteiger partial charge is 0.494 e. The van der Waals surface area contributed by atoms with Gasteiger partial charge in [-0.05, 0) is 70.3 Å². The Hall–Kier alpha value is -1.75. The molecule has 0 atom stereocenters. The van der Waals surface area contributed by atoms with E-state index in [4.69, 9.17) is 15.5 Å². The van der Waals surface area contributed by atoms with Crippen molar-refractivity contribution in [1.82, 2.24) is 10.2 Å². The van der Waals surface area contributed by atoms with Gasteiger partial charge in [0.25, 0.3) is 0 Å². The second-order valence-electron chi connectivity index (χ2n) is 8.02. The number of hydrogen-bond acceptors (Lipinski definition) is 3. The second kappa shape index (κ2) is 12.7. The van der Waals surface area contributed by atoms with Gasteiger partial charge in [-0.3, -0.25) is 0 Å². The fraction of sp³-hybridized carbons (Fsp3) is 0.696. The lowest BCUT2D eigenvalue weighted by Gasteiger charge is -2.29. The number of benzene rings is 1. The van der Waals surface area contributed by atoms with Crippen LogP contribution in [0.3, 0.4) is 0 Å². The van der Waals surface area contributed by atoms with Crippen molar-refractivity contribution in [3.8, 4) is 5.75 Å². The lowest BCUT2D eigenvalue weighted by molar-refractivity contribution is 0.246. The number of nitrogens with zero attached hydrogens (tertiary/aromatic N) is 2. The highest BCUT2D eigenvalue weighted by Crippen LogP contribution is 2.26. The highest BCUT2D eigenvalue weighted by Gasteiger charge is 2.14. The Morgan fingerprint density at radius 2 is 1.93 bits per heavy atom. The second-order valence-corrected chi connectivity index (χ2v) is 8.02. The van der Waals surface area contributed by atoms with E-state index in [1.165, 1.54) is 38.5 Å². The Kier molecular flexibility index (Phi) is 10.2. The van der Waals surface area contributed by atoms with Crippen molar-refractivity contribution < 1.29 is 4.74 Å². The molecule has 28 heavy (non-hydrogen) atoms. The van der Waals surface area contributed by atoms with Crippen LogP contribution in [0.4, 0.5) is 5.69 Å². The molecular weight excluding hydrogens is 348 g/mol. The third kappa shape index (κ3) is 7.70. The fourth-order valence-electron chi connectivity index (χ4n) is 3.83. The minimum Gasteiger partial charge on any atom is -0.494 e. The van der Waals surface area contributed by atoms with E-state index in [9.17, 15) is 0 Å². The predicted molar refractivity (Wildman–Crippen MR) is 119 cm³/mol. The van der Waals surface area contributed by atoms with Gasteiger partial charge < -0.3 is 20.7 Å². The Labute approximate surface area is 171 Å². The normalized spacial score (nSPS) is 15.7. The maximum Gasteiger partial charge on any atom is 0.199 e. The number of ether oxygens (including phenoxy) is 1. The van der Waals surface area contributed by atoms with Crippen LogP contribution in [0.5, 0.6) is 5.75 Å². The molecule has 0 aromatic heterocycles. The summed E-state index contributed by atoms with van der Waals surface area (Å²) in [5, 5.41) is 3.45. The molecule has 2 rings (SSSR count). The molecule has 0 unspecified atom stereocenters. The average Bonchev–Trinajstić information content (AvgIpc) is 2.70. The topological polar surface area (TPSA) is 62.9 Å². The first-order valence-electron chi connectivity index (χ1n) is 11.2. The van der Waals surface area contributed by atoms with Crippen molar-refractivity contribution in [2.75, 3.05) is 26.2 Å². The zero-order chi connectivity index (χ0) is 20.2. The van der Waals surface area contributed by atoms with Crippen LogP contribution in [-0.4, -0.2) is 43.1 Å². The van der Waals surface area contributed by atoms with Gasteiger partial charge in [-0.2, -0.15) is 0 Å². The first kappa shape index (κ1) is 22.5. The molecule has 0 heterocycles. The third-order valence-corrected chi connectivity index (χ3v) is 5.49.